The van der Waals surface area contributed by atoms with Crippen LogP contribution in [-0.2, 0) is 11.2 Å². The van der Waals surface area contributed by atoms with Crippen LogP contribution < -0.4 is 4.90 Å². The molecule has 1 aromatic rings. The zero-order chi connectivity index (χ0) is 12.3. The number of aliphatic carboxylic acids is 1. The normalized spacial score (nSPS) is 17.1. The molecule has 0 aromatic carbocycles. The number of hydrogen-bond donors (Lipinski definition) is 1. The first kappa shape index (κ1) is 11.9. The molecule has 2 rings (SSSR count). The fourth-order valence-corrected chi connectivity index (χ4v) is 1.93. The molecule has 5 heteroatoms. The maximum atomic E-state index is 10.6. The third-order valence-corrected chi connectivity index (χ3v) is 2.95. The number of carboxylic acids is 1. The summed E-state index contributed by atoms with van der Waals surface area (Å²) in [6.07, 6.45) is -0.0123. The molecule has 0 unspecified atom stereocenters. The molecule has 0 atom stereocenters. The summed E-state index contributed by atoms with van der Waals surface area (Å²) in [5.74, 6) is 0.0462. The SMILES string of the molecule is CN1CCN(c2cccc(CC(=O)O)n2)CC1. The second-order valence-electron chi connectivity index (χ2n) is 4.35. The van der Waals surface area contributed by atoms with Crippen molar-refractivity contribution in [1.82, 2.24) is 9.88 Å². The third kappa shape index (κ3) is 3.17. The molecule has 0 radical (unpaired) electrons. The molecule has 1 fully saturated rings. The van der Waals surface area contributed by atoms with Crippen LogP contribution in [0, 0.1) is 0 Å². The topological polar surface area (TPSA) is 56.7 Å². The smallest absolute Gasteiger partial charge is 0.309 e. The minimum atomic E-state index is -0.840. The summed E-state index contributed by atoms with van der Waals surface area (Å²) < 4.78 is 0. The summed E-state index contributed by atoms with van der Waals surface area (Å²) in [4.78, 5) is 19.5. The molecule has 1 saturated heterocycles. The number of carboxylic acid groups (broad SMARTS) is 1. The fraction of sp³-hybridized carbons (Fsp3) is 0.500. The Morgan fingerprint density at radius 3 is 2.71 bits per heavy atom. The molecular weight excluding hydrogens is 218 g/mol. The maximum absolute atomic E-state index is 10.6. The van der Waals surface area contributed by atoms with Crippen molar-refractivity contribution in [2.75, 3.05) is 38.1 Å². The summed E-state index contributed by atoms with van der Waals surface area (Å²) in [5, 5.41) is 8.74. The van der Waals surface area contributed by atoms with Gasteiger partial charge in [0.25, 0.3) is 0 Å². The summed E-state index contributed by atoms with van der Waals surface area (Å²) in [5.41, 5.74) is 0.619. The number of carbonyl (C=O) groups is 1. The molecular formula is C12H17N3O2. The lowest BCUT2D eigenvalue weighted by Crippen LogP contribution is -2.44. The average molecular weight is 235 g/mol. The van der Waals surface area contributed by atoms with Crippen LogP contribution in [-0.4, -0.2) is 54.2 Å². The first-order valence-electron chi connectivity index (χ1n) is 5.76. The minimum Gasteiger partial charge on any atom is -0.481 e. The van der Waals surface area contributed by atoms with Gasteiger partial charge in [-0.25, -0.2) is 4.98 Å². The third-order valence-electron chi connectivity index (χ3n) is 2.95. The van der Waals surface area contributed by atoms with Crippen LogP contribution in [0.25, 0.3) is 0 Å². The number of nitrogens with zero attached hydrogens (tertiary/aromatic N) is 3. The van der Waals surface area contributed by atoms with Crippen molar-refractivity contribution in [3.8, 4) is 0 Å². The molecule has 0 bridgehead atoms. The Kier molecular flexibility index (Phi) is 3.58. The van der Waals surface area contributed by atoms with Crippen molar-refractivity contribution in [3.05, 3.63) is 23.9 Å². The van der Waals surface area contributed by atoms with Gasteiger partial charge in [-0.1, -0.05) is 6.07 Å². The van der Waals surface area contributed by atoms with Gasteiger partial charge in [-0.2, -0.15) is 0 Å². The predicted molar refractivity (Wildman–Crippen MR) is 65.3 cm³/mol. The van der Waals surface area contributed by atoms with E-state index in [0.29, 0.717) is 5.69 Å². The second-order valence-corrected chi connectivity index (χ2v) is 4.35. The lowest BCUT2D eigenvalue weighted by Gasteiger charge is -2.33. The van der Waals surface area contributed by atoms with Gasteiger partial charge in [0.15, 0.2) is 0 Å². The molecule has 0 saturated carbocycles. The zero-order valence-corrected chi connectivity index (χ0v) is 9.96. The van der Waals surface area contributed by atoms with Gasteiger partial charge >= 0.3 is 5.97 Å². The first-order valence-corrected chi connectivity index (χ1v) is 5.76. The fourth-order valence-electron chi connectivity index (χ4n) is 1.93. The Balaban J connectivity index is 2.07. The van der Waals surface area contributed by atoms with Crippen molar-refractivity contribution in [1.29, 1.82) is 0 Å². The van der Waals surface area contributed by atoms with Gasteiger partial charge in [0.1, 0.15) is 5.82 Å². The minimum absolute atomic E-state index is 0.0123. The highest BCUT2D eigenvalue weighted by molar-refractivity contribution is 5.69. The van der Waals surface area contributed by atoms with E-state index in [0.717, 1.165) is 32.0 Å². The predicted octanol–water partition coefficient (Wildman–Crippen LogP) is 0.461. The Morgan fingerprint density at radius 2 is 2.06 bits per heavy atom. The molecule has 2 heterocycles. The summed E-state index contributed by atoms with van der Waals surface area (Å²) in [6.45, 7) is 3.93. The number of anilines is 1. The number of pyridine rings is 1. The quantitative estimate of drug-likeness (QED) is 0.825. The van der Waals surface area contributed by atoms with E-state index in [-0.39, 0.29) is 6.42 Å². The number of piperazine rings is 1. The number of aromatic nitrogens is 1. The van der Waals surface area contributed by atoms with Crippen LogP contribution in [0.15, 0.2) is 18.2 Å². The lowest BCUT2D eigenvalue weighted by molar-refractivity contribution is -0.136. The van der Waals surface area contributed by atoms with Gasteiger partial charge in [0.05, 0.1) is 12.1 Å². The summed E-state index contributed by atoms with van der Waals surface area (Å²) in [7, 11) is 2.10. The maximum Gasteiger partial charge on any atom is 0.309 e. The average Bonchev–Trinajstić information content (AvgIpc) is 2.29. The zero-order valence-electron chi connectivity index (χ0n) is 9.96. The van der Waals surface area contributed by atoms with E-state index < -0.39 is 5.97 Å². The van der Waals surface area contributed by atoms with Gasteiger partial charge in [-0.05, 0) is 19.2 Å². The van der Waals surface area contributed by atoms with E-state index in [4.69, 9.17) is 5.11 Å². The second kappa shape index (κ2) is 5.14. The van der Waals surface area contributed by atoms with Gasteiger partial charge in [0, 0.05) is 26.2 Å². The van der Waals surface area contributed by atoms with Crippen molar-refractivity contribution < 1.29 is 9.90 Å². The van der Waals surface area contributed by atoms with Crippen LogP contribution in [0.4, 0.5) is 5.82 Å². The van der Waals surface area contributed by atoms with E-state index in [1.165, 1.54) is 0 Å². The van der Waals surface area contributed by atoms with E-state index >= 15 is 0 Å². The van der Waals surface area contributed by atoms with Crippen LogP contribution >= 0.6 is 0 Å². The monoisotopic (exact) mass is 235 g/mol. The molecule has 17 heavy (non-hydrogen) atoms. The Labute approximate surface area is 101 Å². The number of likely N-dealkylation sites (N-methyl/N-ethyl adjacent to an activating group) is 1. The molecule has 1 aromatic heterocycles. The van der Waals surface area contributed by atoms with E-state index in [1.807, 2.05) is 12.1 Å². The summed E-state index contributed by atoms with van der Waals surface area (Å²) in [6, 6.07) is 5.57. The van der Waals surface area contributed by atoms with Gasteiger partial charge in [-0.3, -0.25) is 4.79 Å². The number of rotatable bonds is 3. The summed E-state index contributed by atoms with van der Waals surface area (Å²) >= 11 is 0. The standard InChI is InChI=1S/C12H17N3O2/c1-14-5-7-15(8-6-14)11-4-2-3-10(13-11)9-12(16)17/h2-4H,5-9H2,1H3,(H,16,17). The van der Waals surface area contributed by atoms with E-state index in [2.05, 4.69) is 21.8 Å². The molecule has 1 N–H and O–H groups in total. The molecule has 0 amide bonds. The highest BCUT2D eigenvalue weighted by Gasteiger charge is 2.15. The molecule has 1 aliphatic heterocycles. The largest absolute Gasteiger partial charge is 0.481 e. The Bertz CT molecular complexity index is 400. The van der Waals surface area contributed by atoms with Crippen LogP contribution in [0.5, 0.6) is 0 Å². The Morgan fingerprint density at radius 1 is 1.35 bits per heavy atom. The van der Waals surface area contributed by atoms with Crippen molar-refractivity contribution >= 4 is 11.8 Å². The van der Waals surface area contributed by atoms with Crippen molar-refractivity contribution in [3.63, 3.8) is 0 Å². The van der Waals surface area contributed by atoms with Gasteiger partial charge in [-0.15, -0.1) is 0 Å². The van der Waals surface area contributed by atoms with Crippen LogP contribution in [0.3, 0.4) is 0 Å². The first-order chi connectivity index (χ1) is 8.15. The van der Waals surface area contributed by atoms with E-state index in [1.54, 1.807) is 6.07 Å². The Hall–Kier alpha value is -1.62. The highest BCUT2D eigenvalue weighted by atomic mass is 16.4. The molecule has 92 valence electrons. The highest BCUT2D eigenvalue weighted by Crippen LogP contribution is 2.13. The van der Waals surface area contributed by atoms with Crippen molar-refractivity contribution in [2.45, 2.75) is 6.42 Å². The van der Waals surface area contributed by atoms with Crippen molar-refractivity contribution in [2.24, 2.45) is 0 Å². The van der Waals surface area contributed by atoms with Gasteiger partial charge < -0.3 is 14.9 Å². The number of hydrogen-bond acceptors (Lipinski definition) is 4. The van der Waals surface area contributed by atoms with Crippen LogP contribution in [0.1, 0.15) is 5.69 Å². The lowest BCUT2D eigenvalue weighted by atomic mass is 10.2. The molecule has 0 spiro atoms. The van der Waals surface area contributed by atoms with Gasteiger partial charge in [0.2, 0.25) is 0 Å². The molecule has 5 nitrogen and oxygen atoms in total. The van der Waals surface area contributed by atoms with E-state index in [9.17, 15) is 4.79 Å². The van der Waals surface area contributed by atoms with Crippen LogP contribution in [0.2, 0.25) is 0 Å². The molecule has 1 aliphatic rings. The molecule has 0 aliphatic carbocycles.